The van der Waals surface area contributed by atoms with Gasteiger partial charge in [0.05, 0.1) is 12.7 Å². The highest BCUT2D eigenvalue weighted by molar-refractivity contribution is 5.85. The summed E-state index contributed by atoms with van der Waals surface area (Å²) in [5.41, 5.74) is 3.63. The molecule has 0 radical (unpaired) electrons. The van der Waals surface area contributed by atoms with Crippen LogP contribution in [0.1, 0.15) is 30.0 Å². The van der Waals surface area contributed by atoms with Gasteiger partial charge in [0.1, 0.15) is 24.6 Å². The molecule has 1 atom stereocenters. The predicted octanol–water partition coefficient (Wildman–Crippen LogP) is 2.69. The Morgan fingerprint density at radius 2 is 1.96 bits per heavy atom. The molecule has 5 nitrogen and oxygen atoms in total. The number of hydrogen-bond donors (Lipinski definition) is 1. The van der Waals surface area contributed by atoms with Gasteiger partial charge in [-0.2, -0.15) is 0 Å². The lowest BCUT2D eigenvalue weighted by Crippen LogP contribution is -3.10. The van der Waals surface area contributed by atoms with E-state index < -0.39 is 0 Å². The second-order valence-corrected chi connectivity index (χ2v) is 7.00. The number of nitrogens with one attached hydrogen (secondary N) is 1. The molecule has 1 aliphatic heterocycles. The molecule has 0 saturated carbocycles. The Kier molecular flexibility index (Phi) is 4.86. The molecule has 1 unspecified atom stereocenters. The molecule has 2 heterocycles. The molecule has 4 rings (SSSR count). The van der Waals surface area contributed by atoms with E-state index in [2.05, 4.69) is 19.1 Å². The van der Waals surface area contributed by atoms with Crippen LogP contribution in [0.25, 0.3) is 11.0 Å². The Balaban J connectivity index is 1.66. The minimum absolute atomic E-state index is 0.290. The van der Waals surface area contributed by atoms with Gasteiger partial charge >= 0.3 is 5.63 Å². The predicted molar refractivity (Wildman–Crippen MR) is 103 cm³/mol. The van der Waals surface area contributed by atoms with Gasteiger partial charge in [-0.25, -0.2) is 4.79 Å². The summed E-state index contributed by atoms with van der Waals surface area (Å²) in [5.74, 6) is 1.67. The van der Waals surface area contributed by atoms with Crippen LogP contribution in [0, 0.1) is 0 Å². The maximum atomic E-state index is 12.1. The number of rotatable bonds is 5. The maximum Gasteiger partial charge on any atom is 0.336 e. The van der Waals surface area contributed by atoms with Crippen LogP contribution >= 0.6 is 0 Å². The van der Waals surface area contributed by atoms with Crippen LogP contribution in [0.4, 0.5) is 0 Å². The lowest BCUT2D eigenvalue weighted by molar-refractivity contribution is -0.945. The van der Waals surface area contributed by atoms with Gasteiger partial charge in [-0.3, -0.25) is 4.90 Å². The van der Waals surface area contributed by atoms with Gasteiger partial charge in [-0.1, -0.05) is 13.3 Å². The Morgan fingerprint density at radius 1 is 1.15 bits per heavy atom. The fourth-order valence-electron chi connectivity index (χ4n) is 3.73. The molecule has 1 N–H and O–H groups in total. The van der Waals surface area contributed by atoms with Crippen LogP contribution in [0.5, 0.6) is 11.5 Å². The van der Waals surface area contributed by atoms with Crippen molar-refractivity contribution in [1.82, 2.24) is 0 Å². The van der Waals surface area contributed by atoms with E-state index in [0.29, 0.717) is 12.3 Å². The van der Waals surface area contributed by atoms with E-state index in [-0.39, 0.29) is 5.63 Å². The fraction of sp³-hybridized carbons (Fsp3) is 0.318. The number of benzene rings is 2. The minimum atomic E-state index is -0.290. The van der Waals surface area contributed by atoms with Crippen LogP contribution in [0.2, 0.25) is 0 Å². The van der Waals surface area contributed by atoms with E-state index in [1.54, 1.807) is 13.2 Å². The van der Waals surface area contributed by atoms with Crippen molar-refractivity contribution in [3.05, 3.63) is 69.6 Å². The maximum absolute atomic E-state index is 12.1. The summed E-state index contributed by atoms with van der Waals surface area (Å²) in [7, 11) is 1.67. The summed E-state index contributed by atoms with van der Waals surface area (Å²) in [6.07, 6.45) is 1.85. The zero-order valence-electron chi connectivity index (χ0n) is 15.7. The van der Waals surface area contributed by atoms with Gasteiger partial charge in [0, 0.05) is 17.0 Å². The molecule has 140 valence electrons. The van der Waals surface area contributed by atoms with Crippen molar-refractivity contribution in [1.29, 1.82) is 0 Å². The van der Waals surface area contributed by atoms with E-state index in [9.17, 15) is 4.79 Å². The van der Waals surface area contributed by atoms with E-state index in [0.717, 1.165) is 53.9 Å². The number of aryl methyl sites for hydroxylation is 1. The first-order chi connectivity index (χ1) is 13.2. The highest BCUT2D eigenvalue weighted by Gasteiger charge is 2.25. The first kappa shape index (κ1) is 17.6. The highest BCUT2D eigenvalue weighted by atomic mass is 16.5. The molecule has 5 heteroatoms. The van der Waals surface area contributed by atoms with Crippen LogP contribution < -0.4 is 20.0 Å². The van der Waals surface area contributed by atoms with Crippen molar-refractivity contribution in [2.45, 2.75) is 32.9 Å². The standard InChI is InChI=1S/C22H23NO4/c1-3-4-16-11-21(24)27-22-18(16)9-10-20-19(22)13-23(14-26-20)12-15-5-7-17(25-2)8-6-15/h5-11H,3-4,12-14H2,1-2H3/p+1. The zero-order chi connectivity index (χ0) is 18.8. The summed E-state index contributed by atoms with van der Waals surface area (Å²) >= 11 is 0. The van der Waals surface area contributed by atoms with E-state index in [1.807, 2.05) is 24.3 Å². The molecule has 0 saturated heterocycles. The van der Waals surface area contributed by atoms with Gasteiger partial charge in [0.2, 0.25) is 6.73 Å². The number of ether oxygens (including phenoxy) is 2. The van der Waals surface area contributed by atoms with Crippen LogP contribution in [-0.4, -0.2) is 13.8 Å². The lowest BCUT2D eigenvalue weighted by atomic mass is 10.0. The molecule has 0 spiro atoms. The van der Waals surface area contributed by atoms with E-state index in [1.165, 1.54) is 10.5 Å². The average molecular weight is 366 g/mol. The van der Waals surface area contributed by atoms with Gasteiger partial charge in [-0.05, 0) is 48.4 Å². The van der Waals surface area contributed by atoms with Gasteiger partial charge in [0.15, 0.2) is 5.58 Å². The molecule has 1 aliphatic rings. The first-order valence-corrected chi connectivity index (χ1v) is 9.36. The molecule has 3 aromatic rings. The molecule has 0 aliphatic carbocycles. The Bertz CT molecular complexity index is 1010. The Hall–Kier alpha value is -2.79. The largest absolute Gasteiger partial charge is 0.497 e. The normalized spacial score (nSPS) is 16.0. The third-order valence-electron chi connectivity index (χ3n) is 5.05. The SMILES string of the molecule is CCCc1cc(=O)oc2c3c(ccc12)OC[NH+](Cc1ccc(OC)cc1)C3. The molecule has 1 aromatic heterocycles. The second-order valence-electron chi connectivity index (χ2n) is 7.00. The topological polar surface area (TPSA) is 53.1 Å². The average Bonchev–Trinajstić information content (AvgIpc) is 2.68. The molecular weight excluding hydrogens is 342 g/mol. The number of hydrogen-bond acceptors (Lipinski definition) is 4. The third-order valence-corrected chi connectivity index (χ3v) is 5.05. The van der Waals surface area contributed by atoms with Gasteiger partial charge in [-0.15, -0.1) is 0 Å². The zero-order valence-corrected chi connectivity index (χ0v) is 15.7. The molecular formula is C22H24NO4+. The van der Waals surface area contributed by atoms with E-state index in [4.69, 9.17) is 13.9 Å². The monoisotopic (exact) mass is 366 g/mol. The van der Waals surface area contributed by atoms with Crippen LogP contribution in [0.3, 0.4) is 0 Å². The van der Waals surface area contributed by atoms with E-state index >= 15 is 0 Å². The Morgan fingerprint density at radius 3 is 2.70 bits per heavy atom. The van der Waals surface area contributed by atoms with Crippen LogP contribution in [-0.2, 0) is 19.5 Å². The summed E-state index contributed by atoms with van der Waals surface area (Å²) in [4.78, 5) is 13.3. The summed E-state index contributed by atoms with van der Waals surface area (Å²) < 4.78 is 16.8. The minimum Gasteiger partial charge on any atom is -0.497 e. The summed E-state index contributed by atoms with van der Waals surface area (Å²) in [5, 5.41) is 1.02. The van der Waals surface area contributed by atoms with Crippen molar-refractivity contribution in [3.8, 4) is 11.5 Å². The number of quaternary nitrogens is 1. The van der Waals surface area contributed by atoms with Gasteiger partial charge < -0.3 is 13.9 Å². The van der Waals surface area contributed by atoms with Crippen LogP contribution in [0.15, 0.2) is 51.7 Å². The van der Waals surface area contributed by atoms with Crippen molar-refractivity contribution in [2.75, 3.05) is 13.8 Å². The number of fused-ring (bicyclic) bond motifs is 3. The summed E-state index contributed by atoms with van der Waals surface area (Å²) in [6, 6.07) is 13.7. The molecule has 27 heavy (non-hydrogen) atoms. The molecule has 0 fully saturated rings. The smallest absolute Gasteiger partial charge is 0.336 e. The quantitative estimate of drug-likeness (QED) is 0.706. The van der Waals surface area contributed by atoms with Crippen molar-refractivity contribution >= 4 is 11.0 Å². The molecule has 0 bridgehead atoms. The van der Waals surface area contributed by atoms with Crippen molar-refractivity contribution < 1.29 is 18.8 Å². The van der Waals surface area contributed by atoms with Gasteiger partial charge in [0.25, 0.3) is 0 Å². The lowest BCUT2D eigenvalue weighted by Gasteiger charge is -2.26. The van der Waals surface area contributed by atoms with Crippen molar-refractivity contribution in [3.63, 3.8) is 0 Å². The first-order valence-electron chi connectivity index (χ1n) is 9.36. The number of methoxy groups -OCH3 is 1. The molecule has 2 aromatic carbocycles. The Labute approximate surface area is 158 Å². The highest BCUT2D eigenvalue weighted by Crippen LogP contribution is 2.30. The molecule has 0 amide bonds. The summed E-state index contributed by atoms with van der Waals surface area (Å²) in [6.45, 7) is 4.29. The third kappa shape index (κ3) is 3.55. The second kappa shape index (κ2) is 7.45. The fourth-order valence-corrected chi connectivity index (χ4v) is 3.73. The van der Waals surface area contributed by atoms with Crippen molar-refractivity contribution in [2.24, 2.45) is 0 Å².